The molecule has 0 saturated heterocycles. The van der Waals surface area contributed by atoms with Gasteiger partial charge in [-0.25, -0.2) is 5.48 Å². The van der Waals surface area contributed by atoms with Crippen LogP contribution in [0.1, 0.15) is 15.9 Å². The molecule has 0 bridgehead atoms. The lowest BCUT2D eigenvalue weighted by Crippen LogP contribution is -2.08. The van der Waals surface area contributed by atoms with Gasteiger partial charge in [0.2, 0.25) is 6.79 Å². The van der Waals surface area contributed by atoms with E-state index in [9.17, 15) is 4.79 Å². The second-order valence-electron chi connectivity index (χ2n) is 2.94. The van der Waals surface area contributed by atoms with Crippen LogP contribution < -0.4 is 15.0 Å². The fraction of sp³-hybridized carbons (Fsp3) is 0.222. The third-order valence-electron chi connectivity index (χ3n) is 2.10. The molecule has 5 nitrogen and oxygen atoms in total. The Morgan fingerprint density at radius 3 is 2.93 bits per heavy atom. The molecule has 0 fully saturated rings. The average molecular weight is 230 g/mol. The van der Waals surface area contributed by atoms with E-state index < -0.39 is 0 Å². The Morgan fingerprint density at radius 1 is 1.53 bits per heavy atom. The monoisotopic (exact) mass is 229 g/mol. The highest BCUT2D eigenvalue weighted by molar-refractivity contribution is 6.32. The molecule has 1 aromatic carbocycles. The summed E-state index contributed by atoms with van der Waals surface area (Å²) in [4.78, 5) is 10.7. The van der Waals surface area contributed by atoms with Crippen LogP contribution in [0.3, 0.4) is 0 Å². The van der Waals surface area contributed by atoms with Gasteiger partial charge in [-0.3, -0.25) is 4.79 Å². The Labute approximate surface area is 90.5 Å². The molecule has 0 saturated carbocycles. The van der Waals surface area contributed by atoms with E-state index in [0.717, 1.165) is 0 Å². The smallest absolute Gasteiger partial charge is 0.231 e. The van der Waals surface area contributed by atoms with Crippen molar-refractivity contribution in [2.24, 2.45) is 0 Å². The second-order valence-corrected chi connectivity index (χ2v) is 3.35. The molecule has 0 unspecified atom stereocenters. The van der Waals surface area contributed by atoms with Crippen molar-refractivity contribution in [3.05, 3.63) is 22.2 Å². The van der Waals surface area contributed by atoms with Gasteiger partial charge >= 0.3 is 0 Å². The van der Waals surface area contributed by atoms with Gasteiger partial charge in [-0.1, -0.05) is 11.6 Å². The fourth-order valence-corrected chi connectivity index (χ4v) is 1.72. The highest BCUT2D eigenvalue weighted by atomic mass is 35.5. The zero-order chi connectivity index (χ0) is 10.8. The minimum Gasteiger partial charge on any atom is -0.453 e. The zero-order valence-electron chi connectivity index (χ0n) is 7.62. The molecular formula is C9H8ClNO4. The number of carbonyl (C=O) groups excluding carboxylic acids is 1. The number of carbonyl (C=O) groups is 1. The maximum Gasteiger partial charge on any atom is 0.231 e. The summed E-state index contributed by atoms with van der Waals surface area (Å²) >= 11 is 5.93. The summed E-state index contributed by atoms with van der Waals surface area (Å²) < 4.78 is 10.3. The maximum absolute atomic E-state index is 10.7. The van der Waals surface area contributed by atoms with Gasteiger partial charge in [-0.2, -0.15) is 0 Å². The van der Waals surface area contributed by atoms with Crippen LogP contribution in [0.25, 0.3) is 0 Å². The Bertz CT molecular complexity index is 408. The number of aldehydes is 1. The molecule has 6 heteroatoms. The summed E-state index contributed by atoms with van der Waals surface area (Å²) in [6, 6.07) is 1.48. The number of halogens is 1. The largest absolute Gasteiger partial charge is 0.453 e. The van der Waals surface area contributed by atoms with E-state index in [1.807, 2.05) is 5.48 Å². The lowest BCUT2D eigenvalue weighted by atomic mass is 10.1. The first kappa shape index (κ1) is 10.2. The lowest BCUT2D eigenvalue weighted by Gasteiger charge is -2.08. The first-order valence-electron chi connectivity index (χ1n) is 4.21. The van der Waals surface area contributed by atoms with Gasteiger partial charge in [-0.15, -0.1) is 0 Å². The molecule has 0 radical (unpaired) electrons. The summed E-state index contributed by atoms with van der Waals surface area (Å²) in [5.74, 6) is 0.783. The summed E-state index contributed by atoms with van der Waals surface area (Å²) in [5.41, 5.74) is 2.89. The van der Waals surface area contributed by atoms with Crippen molar-refractivity contribution in [3.63, 3.8) is 0 Å². The van der Waals surface area contributed by atoms with Crippen molar-refractivity contribution in [1.29, 1.82) is 0 Å². The molecular weight excluding hydrogens is 222 g/mol. The Balaban J connectivity index is 2.57. The van der Waals surface area contributed by atoms with Gasteiger partial charge in [0.05, 0.1) is 12.1 Å². The molecule has 2 N–H and O–H groups in total. The second kappa shape index (κ2) is 4.06. The van der Waals surface area contributed by atoms with Gasteiger partial charge in [-0.05, 0) is 6.07 Å². The molecule has 1 aliphatic rings. The van der Waals surface area contributed by atoms with Crippen LogP contribution >= 0.6 is 11.6 Å². The summed E-state index contributed by atoms with van der Waals surface area (Å²) in [6.45, 7) is 0.179. The van der Waals surface area contributed by atoms with Crippen molar-refractivity contribution in [2.75, 3.05) is 6.79 Å². The van der Waals surface area contributed by atoms with Crippen molar-refractivity contribution in [3.8, 4) is 11.5 Å². The maximum atomic E-state index is 10.7. The molecule has 1 aliphatic heterocycles. The first-order chi connectivity index (χ1) is 7.27. The van der Waals surface area contributed by atoms with Crippen LogP contribution in [0.4, 0.5) is 0 Å². The fourth-order valence-electron chi connectivity index (χ4n) is 1.45. The van der Waals surface area contributed by atoms with Gasteiger partial charge in [0, 0.05) is 10.6 Å². The molecule has 15 heavy (non-hydrogen) atoms. The SMILES string of the molecule is O=Cc1cc(Cl)c(CNO)c2c1OCO2. The van der Waals surface area contributed by atoms with Crippen LogP contribution in [0.2, 0.25) is 5.02 Å². The van der Waals surface area contributed by atoms with E-state index in [1.54, 1.807) is 0 Å². The molecule has 2 rings (SSSR count). The van der Waals surface area contributed by atoms with E-state index in [-0.39, 0.29) is 13.3 Å². The molecule has 0 spiro atoms. The van der Waals surface area contributed by atoms with Crippen LogP contribution in [-0.4, -0.2) is 18.3 Å². The Kier molecular flexibility index (Phi) is 2.77. The number of ether oxygens (including phenoxy) is 2. The molecule has 1 aromatic rings. The third kappa shape index (κ3) is 1.65. The zero-order valence-corrected chi connectivity index (χ0v) is 8.37. The van der Waals surface area contributed by atoms with Crippen molar-refractivity contribution in [1.82, 2.24) is 5.48 Å². The minimum absolute atomic E-state index is 0.0505. The number of hydroxylamine groups is 1. The molecule has 80 valence electrons. The topological polar surface area (TPSA) is 67.8 Å². The quantitative estimate of drug-likeness (QED) is 0.605. The van der Waals surface area contributed by atoms with Gasteiger partial charge in [0.1, 0.15) is 0 Å². The Morgan fingerprint density at radius 2 is 2.27 bits per heavy atom. The summed E-state index contributed by atoms with van der Waals surface area (Å²) in [7, 11) is 0. The van der Waals surface area contributed by atoms with Crippen molar-refractivity contribution < 1.29 is 19.5 Å². The lowest BCUT2D eigenvalue weighted by molar-refractivity contribution is 0.111. The average Bonchev–Trinajstić information content (AvgIpc) is 2.70. The predicted octanol–water partition coefficient (Wildman–Crippen LogP) is 1.36. The van der Waals surface area contributed by atoms with Crippen molar-refractivity contribution >= 4 is 17.9 Å². The van der Waals surface area contributed by atoms with Gasteiger partial charge in [0.15, 0.2) is 17.8 Å². The predicted molar refractivity (Wildman–Crippen MR) is 51.6 cm³/mol. The van der Waals surface area contributed by atoms with E-state index in [2.05, 4.69) is 0 Å². The molecule has 1 heterocycles. The number of hydrogen-bond donors (Lipinski definition) is 2. The van der Waals surface area contributed by atoms with Crippen LogP contribution in [0.5, 0.6) is 11.5 Å². The summed E-state index contributed by atoms with van der Waals surface area (Å²) in [5, 5.41) is 8.98. The standard InChI is InChI=1S/C9H8ClNO4/c10-7-1-5(3-12)8-9(15-4-14-8)6(7)2-11-13/h1,3,11,13H,2,4H2. The number of fused-ring (bicyclic) bond motifs is 1. The van der Waals surface area contributed by atoms with E-state index in [0.29, 0.717) is 33.9 Å². The molecule has 0 aliphatic carbocycles. The molecule has 0 amide bonds. The van der Waals surface area contributed by atoms with E-state index >= 15 is 0 Å². The van der Waals surface area contributed by atoms with Crippen LogP contribution in [0, 0.1) is 0 Å². The minimum atomic E-state index is 0.0505. The number of benzene rings is 1. The highest BCUT2D eigenvalue weighted by Gasteiger charge is 2.24. The van der Waals surface area contributed by atoms with E-state index in [4.69, 9.17) is 26.3 Å². The molecule has 0 aromatic heterocycles. The molecule has 0 atom stereocenters. The third-order valence-corrected chi connectivity index (χ3v) is 2.44. The normalized spacial score (nSPS) is 12.9. The number of hydrogen-bond acceptors (Lipinski definition) is 5. The number of nitrogens with one attached hydrogen (secondary N) is 1. The highest BCUT2D eigenvalue weighted by Crippen LogP contribution is 2.41. The Hall–Kier alpha value is -1.30. The van der Waals surface area contributed by atoms with Crippen molar-refractivity contribution in [2.45, 2.75) is 6.54 Å². The van der Waals surface area contributed by atoms with Gasteiger partial charge < -0.3 is 14.7 Å². The van der Waals surface area contributed by atoms with Crippen LogP contribution in [0.15, 0.2) is 6.07 Å². The van der Waals surface area contributed by atoms with E-state index in [1.165, 1.54) is 6.07 Å². The van der Waals surface area contributed by atoms with Gasteiger partial charge in [0.25, 0.3) is 0 Å². The van der Waals surface area contributed by atoms with Crippen LogP contribution in [-0.2, 0) is 6.54 Å². The first-order valence-corrected chi connectivity index (χ1v) is 4.58. The summed E-state index contributed by atoms with van der Waals surface area (Å²) in [6.07, 6.45) is 0.648. The number of rotatable bonds is 3.